The number of amides is 1. The molecule has 8 heteroatoms. The summed E-state index contributed by atoms with van der Waals surface area (Å²) in [4.78, 5) is 40.5. The number of fused-ring (bicyclic) bond motifs is 1. The van der Waals surface area contributed by atoms with E-state index in [4.69, 9.17) is 20.8 Å². The topological polar surface area (TPSA) is 101 Å². The highest BCUT2D eigenvalue weighted by atomic mass is 35.5. The minimum Gasteiger partial charge on any atom is -0.497 e. The number of H-pyrrole nitrogens is 1. The number of pyridine rings is 1. The first kappa shape index (κ1) is 19.0. The van der Waals surface area contributed by atoms with E-state index in [0.29, 0.717) is 39.9 Å². The second-order valence-electron chi connectivity index (χ2n) is 6.78. The molecule has 0 fully saturated rings. The number of carbonyl (C=O) groups excluding carboxylic acids is 2. The van der Waals surface area contributed by atoms with Crippen LogP contribution in [0.3, 0.4) is 0 Å². The summed E-state index contributed by atoms with van der Waals surface area (Å²) in [7, 11) is 1.48. The maximum absolute atomic E-state index is 12.6. The van der Waals surface area contributed by atoms with Gasteiger partial charge in [-0.2, -0.15) is 0 Å². The van der Waals surface area contributed by atoms with E-state index < -0.39 is 11.5 Å². The summed E-state index contributed by atoms with van der Waals surface area (Å²) in [6.45, 7) is 0. The molecule has 1 aliphatic carbocycles. The number of aromatic nitrogens is 1. The van der Waals surface area contributed by atoms with Crippen molar-refractivity contribution in [1.82, 2.24) is 4.98 Å². The van der Waals surface area contributed by atoms with Crippen LogP contribution < -0.4 is 15.6 Å². The number of methoxy groups -OCH3 is 1. The van der Waals surface area contributed by atoms with Gasteiger partial charge in [0.1, 0.15) is 17.1 Å². The fraction of sp³-hybridized carbons (Fsp3) is 0.190. The Hall–Kier alpha value is -3.32. The third kappa shape index (κ3) is 3.82. The third-order valence-electron chi connectivity index (χ3n) is 4.86. The van der Waals surface area contributed by atoms with Crippen LogP contribution in [-0.2, 0) is 6.42 Å². The number of anilines is 1. The molecule has 0 aliphatic heterocycles. The Kier molecular flexibility index (Phi) is 4.98. The van der Waals surface area contributed by atoms with Gasteiger partial charge in [0.2, 0.25) is 0 Å². The minimum atomic E-state index is -0.640. The zero-order valence-corrected chi connectivity index (χ0v) is 16.2. The molecule has 0 spiro atoms. The number of nitrogens with one attached hydrogen (secondary N) is 2. The van der Waals surface area contributed by atoms with Crippen molar-refractivity contribution < 1.29 is 18.7 Å². The summed E-state index contributed by atoms with van der Waals surface area (Å²) >= 11 is 6.01. The molecule has 1 aliphatic rings. The minimum absolute atomic E-state index is 0.140. The monoisotopic (exact) mass is 412 g/mol. The van der Waals surface area contributed by atoms with E-state index in [9.17, 15) is 14.4 Å². The van der Waals surface area contributed by atoms with E-state index in [1.54, 1.807) is 24.5 Å². The van der Waals surface area contributed by atoms with Crippen molar-refractivity contribution in [1.29, 1.82) is 0 Å². The fourth-order valence-electron chi connectivity index (χ4n) is 3.48. The summed E-state index contributed by atoms with van der Waals surface area (Å²) in [5.74, 6) is 0.230. The summed E-state index contributed by atoms with van der Waals surface area (Å²) in [6, 6.07) is 9.63. The highest BCUT2D eigenvalue weighted by Crippen LogP contribution is 2.32. The number of carbonyl (C=O) groups is 2. The first-order valence-electron chi connectivity index (χ1n) is 8.93. The molecule has 2 aromatic heterocycles. The number of aromatic amines is 1. The Morgan fingerprint density at radius 1 is 1.24 bits per heavy atom. The summed E-state index contributed by atoms with van der Waals surface area (Å²) in [5, 5.41) is 2.99. The summed E-state index contributed by atoms with van der Waals surface area (Å²) in [6.07, 6.45) is 2.26. The lowest BCUT2D eigenvalue weighted by Crippen LogP contribution is -2.29. The van der Waals surface area contributed by atoms with Crippen LogP contribution in [0.4, 0.5) is 5.69 Å². The van der Waals surface area contributed by atoms with Crippen molar-refractivity contribution >= 4 is 29.0 Å². The van der Waals surface area contributed by atoms with Crippen molar-refractivity contribution in [3.8, 4) is 5.75 Å². The van der Waals surface area contributed by atoms with Crippen LogP contribution in [0.1, 0.15) is 44.5 Å². The zero-order chi connectivity index (χ0) is 20.5. The number of benzene rings is 1. The molecule has 0 radical (unpaired) electrons. The second-order valence-corrected chi connectivity index (χ2v) is 7.22. The van der Waals surface area contributed by atoms with Gasteiger partial charge < -0.3 is 19.5 Å². The van der Waals surface area contributed by atoms with E-state index in [2.05, 4.69) is 10.3 Å². The highest BCUT2D eigenvalue weighted by molar-refractivity contribution is 6.31. The Labute approximate surface area is 170 Å². The van der Waals surface area contributed by atoms with Crippen LogP contribution in [0.2, 0.25) is 5.02 Å². The van der Waals surface area contributed by atoms with Gasteiger partial charge in [0, 0.05) is 40.4 Å². The maximum atomic E-state index is 12.6. The maximum Gasteiger partial charge on any atom is 0.261 e. The number of halogens is 1. The first-order valence-corrected chi connectivity index (χ1v) is 9.31. The average Bonchev–Trinajstić information content (AvgIpc) is 3.21. The molecule has 0 bridgehead atoms. The molecule has 1 aromatic carbocycles. The molecular formula is C21H17ClN2O5. The number of rotatable bonds is 4. The van der Waals surface area contributed by atoms with Crippen LogP contribution in [0.5, 0.6) is 5.75 Å². The lowest BCUT2D eigenvalue weighted by molar-refractivity contribution is 0.0959. The predicted octanol–water partition coefficient (Wildman–Crippen LogP) is 3.79. The largest absolute Gasteiger partial charge is 0.497 e. The van der Waals surface area contributed by atoms with Crippen LogP contribution in [0.25, 0.3) is 0 Å². The predicted molar refractivity (Wildman–Crippen MR) is 107 cm³/mol. The van der Waals surface area contributed by atoms with Crippen molar-refractivity contribution in [2.24, 2.45) is 0 Å². The fourth-order valence-corrected chi connectivity index (χ4v) is 3.70. The molecule has 148 valence electrons. The smallest absolute Gasteiger partial charge is 0.261 e. The van der Waals surface area contributed by atoms with Gasteiger partial charge in [-0.3, -0.25) is 14.4 Å². The third-order valence-corrected chi connectivity index (χ3v) is 5.08. The van der Waals surface area contributed by atoms with E-state index in [-0.39, 0.29) is 23.7 Å². The van der Waals surface area contributed by atoms with Crippen molar-refractivity contribution in [3.63, 3.8) is 0 Å². The second kappa shape index (κ2) is 7.60. The molecule has 0 saturated carbocycles. The van der Waals surface area contributed by atoms with E-state index in [0.717, 1.165) is 0 Å². The molecule has 2 heterocycles. The molecule has 2 N–H and O–H groups in total. The summed E-state index contributed by atoms with van der Waals surface area (Å²) < 4.78 is 10.5. The summed E-state index contributed by atoms with van der Waals surface area (Å²) in [5.41, 5.74) is 0.520. The number of ether oxygens (including phenoxy) is 1. The van der Waals surface area contributed by atoms with Crippen molar-refractivity contribution in [3.05, 3.63) is 80.6 Å². The van der Waals surface area contributed by atoms with Crippen LogP contribution in [-0.4, -0.2) is 23.8 Å². The molecule has 1 amide bonds. The number of hydrogen-bond acceptors (Lipinski definition) is 5. The molecular weight excluding hydrogens is 396 g/mol. The van der Waals surface area contributed by atoms with Gasteiger partial charge in [-0.1, -0.05) is 11.6 Å². The van der Waals surface area contributed by atoms with Gasteiger partial charge in [0.25, 0.3) is 11.5 Å². The number of Topliss-reactive ketones (excluding diaryl/α,β-unsaturated/α-hetero) is 1. The van der Waals surface area contributed by atoms with Crippen molar-refractivity contribution in [2.75, 3.05) is 12.4 Å². The number of furan rings is 1. The molecule has 1 unspecified atom stereocenters. The van der Waals surface area contributed by atoms with E-state index in [1.165, 1.54) is 19.2 Å². The van der Waals surface area contributed by atoms with E-state index in [1.807, 2.05) is 6.07 Å². The quantitative estimate of drug-likeness (QED) is 0.678. The van der Waals surface area contributed by atoms with Crippen LogP contribution in [0.15, 0.2) is 51.9 Å². The van der Waals surface area contributed by atoms with Gasteiger partial charge in [0.15, 0.2) is 5.78 Å². The Balaban J connectivity index is 1.62. The average molecular weight is 413 g/mol. The highest BCUT2D eigenvalue weighted by Gasteiger charge is 2.30. The van der Waals surface area contributed by atoms with Gasteiger partial charge in [-0.15, -0.1) is 0 Å². The lowest BCUT2D eigenvalue weighted by atomic mass is 9.84. The van der Waals surface area contributed by atoms with Gasteiger partial charge in [-0.05, 0) is 36.8 Å². The van der Waals surface area contributed by atoms with Gasteiger partial charge in [0.05, 0.1) is 13.4 Å². The first-order chi connectivity index (χ1) is 13.9. The molecule has 29 heavy (non-hydrogen) atoms. The number of hydrogen-bond donors (Lipinski definition) is 2. The van der Waals surface area contributed by atoms with E-state index >= 15 is 0 Å². The van der Waals surface area contributed by atoms with Crippen LogP contribution in [0, 0.1) is 0 Å². The SMILES string of the molecule is COc1cc(Cl)cc(NC(=O)c2cc3c([nH]c2=O)CC(c2ccco2)CC3=O)c1. The standard InChI is InChI=1S/C21H17ClN2O5/c1-28-14-8-12(22)7-13(9-14)23-20(26)16-10-15-17(24-21(16)27)5-11(6-18(15)25)19-3-2-4-29-19/h2-4,7-11H,5-6H2,1H3,(H,23,26)(H,24,27). The zero-order valence-electron chi connectivity index (χ0n) is 15.5. The number of ketones is 1. The molecule has 1 atom stereocenters. The molecule has 4 rings (SSSR count). The normalized spacial score (nSPS) is 15.7. The Morgan fingerprint density at radius 3 is 2.79 bits per heavy atom. The Bertz CT molecular complexity index is 1150. The molecule has 3 aromatic rings. The Morgan fingerprint density at radius 2 is 2.07 bits per heavy atom. The molecule has 7 nitrogen and oxygen atoms in total. The van der Waals surface area contributed by atoms with Crippen molar-refractivity contribution in [2.45, 2.75) is 18.8 Å². The van der Waals surface area contributed by atoms with Crippen LogP contribution >= 0.6 is 11.6 Å². The lowest BCUT2D eigenvalue weighted by Gasteiger charge is -2.22. The van der Waals surface area contributed by atoms with Gasteiger partial charge in [-0.25, -0.2) is 0 Å². The van der Waals surface area contributed by atoms with Gasteiger partial charge >= 0.3 is 0 Å². The molecule has 0 saturated heterocycles.